The van der Waals surface area contributed by atoms with Crippen LogP contribution in [0.15, 0.2) is 18.6 Å². The minimum atomic E-state index is -1.03. The van der Waals surface area contributed by atoms with Crippen molar-refractivity contribution in [2.24, 2.45) is 0 Å². The third-order valence-electron chi connectivity index (χ3n) is 4.83. The first-order valence-corrected chi connectivity index (χ1v) is 8.20. The van der Waals surface area contributed by atoms with Gasteiger partial charge in [-0.3, -0.25) is 24.5 Å². The van der Waals surface area contributed by atoms with E-state index < -0.39 is 5.54 Å². The maximum Gasteiger partial charge on any atom is 0.252 e. The lowest BCUT2D eigenvalue weighted by Gasteiger charge is -2.36. The van der Waals surface area contributed by atoms with Gasteiger partial charge in [-0.25, -0.2) is 0 Å². The van der Waals surface area contributed by atoms with E-state index in [-0.39, 0.29) is 11.8 Å². The zero-order chi connectivity index (χ0) is 16.3. The summed E-state index contributed by atoms with van der Waals surface area (Å²) in [6.45, 7) is 2.87. The molecular weight excluding hydrogens is 294 g/mol. The van der Waals surface area contributed by atoms with Crippen molar-refractivity contribution in [3.8, 4) is 0 Å². The Morgan fingerprint density at radius 2 is 2.00 bits per heavy atom. The maximum atomic E-state index is 12.9. The van der Waals surface area contributed by atoms with Crippen molar-refractivity contribution < 1.29 is 9.59 Å². The Balaban J connectivity index is 1.90. The molecule has 2 aliphatic rings. The van der Waals surface area contributed by atoms with Crippen molar-refractivity contribution in [2.75, 3.05) is 33.2 Å². The minimum Gasteiger partial charge on any atom is -0.357 e. The zero-order valence-corrected chi connectivity index (χ0v) is 13.5. The number of aromatic nitrogens is 2. The second kappa shape index (κ2) is 6.62. The standard InChI is InChI=1S/C16H23N5O2/c1-17-15(23)16(13-11-18-6-7-19-13)5-4-10-21(16)14(22)12-20-8-2-3-9-20/h6-7,11H,2-5,8-10,12H2,1H3,(H,17,23)/t16-/m0/s1. The van der Waals surface area contributed by atoms with Crippen LogP contribution in [0.25, 0.3) is 0 Å². The van der Waals surface area contributed by atoms with Crippen LogP contribution in [0, 0.1) is 0 Å². The van der Waals surface area contributed by atoms with E-state index in [0.717, 1.165) is 32.4 Å². The van der Waals surface area contributed by atoms with Gasteiger partial charge in [0.05, 0.1) is 18.4 Å². The molecule has 1 aromatic rings. The third kappa shape index (κ3) is 2.81. The highest BCUT2D eigenvalue weighted by molar-refractivity contribution is 5.93. The number of nitrogens with zero attached hydrogens (tertiary/aromatic N) is 4. The third-order valence-corrected chi connectivity index (χ3v) is 4.83. The molecule has 7 heteroatoms. The summed E-state index contributed by atoms with van der Waals surface area (Å²) in [5.41, 5.74) is -0.480. The summed E-state index contributed by atoms with van der Waals surface area (Å²) in [4.78, 5) is 37.9. The highest BCUT2D eigenvalue weighted by atomic mass is 16.2. The lowest BCUT2D eigenvalue weighted by Crippen LogP contribution is -2.56. The molecule has 1 atom stereocenters. The van der Waals surface area contributed by atoms with Crippen molar-refractivity contribution in [3.63, 3.8) is 0 Å². The Morgan fingerprint density at radius 1 is 1.22 bits per heavy atom. The van der Waals surface area contributed by atoms with E-state index in [0.29, 0.717) is 25.2 Å². The molecule has 23 heavy (non-hydrogen) atoms. The van der Waals surface area contributed by atoms with Crippen LogP contribution in [0.2, 0.25) is 0 Å². The van der Waals surface area contributed by atoms with E-state index in [4.69, 9.17) is 0 Å². The van der Waals surface area contributed by atoms with Crippen molar-refractivity contribution in [2.45, 2.75) is 31.2 Å². The van der Waals surface area contributed by atoms with Crippen LogP contribution in [-0.4, -0.2) is 64.8 Å². The van der Waals surface area contributed by atoms with Crippen LogP contribution >= 0.6 is 0 Å². The molecule has 3 heterocycles. The Kier molecular flexibility index (Phi) is 4.56. The summed E-state index contributed by atoms with van der Waals surface area (Å²) in [6, 6.07) is 0. The zero-order valence-electron chi connectivity index (χ0n) is 13.5. The smallest absolute Gasteiger partial charge is 0.252 e. The Morgan fingerprint density at radius 3 is 2.65 bits per heavy atom. The number of likely N-dealkylation sites (N-methyl/N-ethyl adjacent to an activating group) is 1. The maximum absolute atomic E-state index is 12.9. The second-order valence-electron chi connectivity index (χ2n) is 6.16. The molecule has 3 rings (SSSR count). The van der Waals surface area contributed by atoms with Gasteiger partial charge in [0.2, 0.25) is 5.91 Å². The normalized spacial score (nSPS) is 24.8. The van der Waals surface area contributed by atoms with E-state index in [1.54, 1.807) is 30.5 Å². The van der Waals surface area contributed by atoms with Gasteiger partial charge in [-0.05, 0) is 38.8 Å². The predicted molar refractivity (Wildman–Crippen MR) is 84.4 cm³/mol. The highest BCUT2D eigenvalue weighted by Gasteiger charge is 2.52. The summed E-state index contributed by atoms with van der Waals surface area (Å²) in [5, 5.41) is 2.71. The molecule has 0 radical (unpaired) electrons. The van der Waals surface area contributed by atoms with Gasteiger partial charge >= 0.3 is 0 Å². The number of amides is 2. The molecule has 0 spiro atoms. The fraction of sp³-hybridized carbons (Fsp3) is 0.625. The number of hydrogen-bond acceptors (Lipinski definition) is 5. The number of nitrogens with one attached hydrogen (secondary N) is 1. The van der Waals surface area contributed by atoms with Gasteiger partial charge in [-0.15, -0.1) is 0 Å². The molecule has 0 unspecified atom stereocenters. The van der Waals surface area contributed by atoms with Gasteiger partial charge in [0.15, 0.2) is 5.54 Å². The molecule has 0 aromatic carbocycles. The van der Waals surface area contributed by atoms with E-state index in [2.05, 4.69) is 20.2 Å². The fourth-order valence-electron chi connectivity index (χ4n) is 3.71. The highest BCUT2D eigenvalue weighted by Crippen LogP contribution is 2.38. The minimum absolute atomic E-state index is 0.00125. The van der Waals surface area contributed by atoms with Gasteiger partial charge in [0, 0.05) is 26.0 Å². The van der Waals surface area contributed by atoms with E-state index >= 15 is 0 Å². The Hall–Kier alpha value is -2.02. The van der Waals surface area contributed by atoms with E-state index in [9.17, 15) is 9.59 Å². The molecule has 7 nitrogen and oxygen atoms in total. The second-order valence-corrected chi connectivity index (χ2v) is 6.16. The topological polar surface area (TPSA) is 78.4 Å². The molecule has 2 aliphatic heterocycles. The average Bonchev–Trinajstić information content (AvgIpc) is 3.24. The summed E-state index contributed by atoms with van der Waals surface area (Å²) in [7, 11) is 1.60. The lowest BCUT2D eigenvalue weighted by atomic mass is 9.90. The molecule has 124 valence electrons. The first-order valence-electron chi connectivity index (χ1n) is 8.20. The largest absolute Gasteiger partial charge is 0.357 e. The van der Waals surface area contributed by atoms with Crippen molar-refractivity contribution in [3.05, 3.63) is 24.3 Å². The molecule has 0 saturated carbocycles. The Labute approximate surface area is 136 Å². The van der Waals surface area contributed by atoms with Gasteiger partial charge in [0.25, 0.3) is 5.91 Å². The predicted octanol–water partition coefficient (Wildman–Crippen LogP) is 0.136. The first-order chi connectivity index (χ1) is 11.2. The number of carbonyl (C=O) groups excluding carboxylic acids is 2. The van der Waals surface area contributed by atoms with Gasteiger partial charge < -0.3 is 10.2 Å². The first kappa shape index (κ1) is 15.9. The van der Waals surface area contributed by atoms with Crippen molar-refractivity contribution in [1.82, 2.24) is 25.1 Å². The van der Waals surface area contributed by atoms with E-state index in [1.807, 2.05) is 0 Å². The van der Waals surface area contributed by atoms with Gasteiger partial charge in [-0.1, -0.05) is 0 Å². The van der Waals surface area contributed by atoms with Gasteiger partial charge in [0.1, 0.15) is 0 Å². The average molecular weight is 317 g/mol. The molecule has 2 fully saturated rings. The fourth-order valence-corrected chi connectivity index (χ4v) is 3.71. The summed E-state index contributed by atoms with van der Waals surface area (Å²) in [6.07, 6.45) is 8.38. The van der Waals surface area contributed by atoms with Crippen LogP contribution in [0.3, 0.4) is 0 Å². The molecule has 1 N–H and O–H groups in total. The lowest BCUT2D eigenvalue weighted by molar-refractivity contribution is -0.146. The monoisotopic (exact) mass is 317 g/mol. The molecule has 2 saturated heterocycles. The molecular formula is C16H23N5O2. The van der Waals surface area contributed by atoms with Crippen molar-refractivity contribution in [1.29, 1.82) is 0 Å². The number of rotatable bonds is 4. The quantitative estimate of drug-likeness (QED) is 0.854. The molecule has 0 aliphatic carbocycles. The molecule has 1 aromatic heterocycles. The summed E-state index contributed by atoms with van der Waals surface area (Å²) < 4.78 is 0. The summed E-state index contributed by atoms with van der Waals surface area (Å²) in [5.74, 6) is -0.191. The number of hydrogen-bond donors (Lipinski definition) is 1. The van der Waals surface area contributed by atoms with Crippen LogP contribution in [-0.2, 0) is 15.1 Å². The SMILES string of the molecule is CNC(=O)[C@@]1(c2cnccn2)CCCN1C(=O)CN1CCCC1. The van der Waals surface area contributed by atoms with Crippen LogP contribution in [0.4, 0.5) is 0 Å². The van der Waals surface area contributed by atoms with Crippen LogP contribution < -0.4 is 5.32 Å². The Bertz CT molecular complexity index is 573. The van der Waals surface area contributed by atoms with Crippen LogP contribution in [0.5, 0.6) is 0 Å². The van der Waals surface area contributed by atoms with E-state index in [1.165, 1.54) is 0 Å². The summed E-state index contributed by atoms with van der Waals surface area (Å²) >= 11 is 0. The number of carbonyl (C=O) groups is 2. The van der Waals surface area contributed by atoms with Crippen LogP contribution in [0.1, 0.15) is 31.4 Å². The van der Waals surface area contributed by atoms with Crippen molar-refractivity contribution >= 4 is 11.8 Å². The number of likely N-dealkylation sites (tertiary alicyclic amines) is 2. The van der Waals surface area contributed by atoms with Gasteiger partial charge in [-0.2, -0.15) is 0 Å². The molecule has 0 bridgehead atoms. The molecule has 2 amide bonds.